The Kier molecular flexibility index (Phi) is 5.76. The van der Waals surface area contributed by atoms with Gasteiger partial charge in [0.15, 0.2) is 0 Å². The lowest BCUT2D eigenvalue weighted by Crippen LogP contribution is -2.54. The van der Waals surface area contributed by atoms with Gasteiger partial charge in [-0.1, -0.05) is 35.3 Å². The lowest BCUT2D eigenvalue weighted by atomic mass is 10.1. The van der Waals surface area contributed by atoms with Gasteiger partial charge in [-0.25, -0.2) is 9.69 Å². The van der Waals surface area contributed by atoms with Crippen molar-refractivity contribution in [3.05, 3.63) is 63.6 Å². The molecule has 2 saturated heterocycles. The van der Waals surface area contributed by atoms with Crippen LogP contribution in [0.4, 0.5) is 16.2 Å². The van der Waals surface area contributed by atoms with E-state index in [4.69, 9.17) is 27.9 Å². The quantitative estimate of drug-likeness (QED) is 0.577. The minimum Gasteiger partial charge on any atom is -0.378 e. The number of imide groups is 2. The standard InChI is InChI=1S/C21H17Cl2N3O4/c22-14-3-6-18(17(23)12-14)26-20(28)16(19(27)24-21(26)29)11-13-1-4-15(5-2-13)25-7-9-30-10-8-25/h1-6,11-12H,7-10H2,(H,24,27,29)/b16-11+. The molecule has 154 valence electrons. The third-order valence-corrected chi connectivity index (χ3v) is 5.37. The number of carbonyl (C=O) groups excluding carboxylic acids is 3. The van der Waals surface area contributed by atoms with E-state index in [1.54, 1.807) is 0 Å². The van der Waals surface area contributed by atoms with Gasteiger partial charge in [-0.05, 0) is 42.0 Å². The number of carbonyl (C=O) groups is 3. The predicted octanol–water partition coefficient (Wildman–Crippen LogP) is 3.50. The van der Waals surface area contributed by atoms with Gasteiger partial charge in [-0.15, -0.1) is 0 Å². The first-order chi connectivity index (χ1) is 14.4. The fourth-order valence-electron chi connectivity index (χ4n) is 3.31. The van der Waals surface area contributed by atoms with Crippen molar-refractivity contribution in [1.82, 2.24) is 5.32 Å². The molecule has 0 unspecified atom stereocenters. The number of urea groups is 1. The van der Waals surface area contributed by atoms with Crippen molar-refractivity contribution in [3.8, 4) is 0 Å². The topological polar surface area (TPSA) is 79.0 Å². The first-order valence-corrected chi connectivity index (χ1v) is 9.99. The largest absolute Gasteiger partial charge is 0.378 e. The van der Waals surface area contributed by atoms with Crippen molar-refractivity contribution in [3.63, 3.8) is 0 Å². The Balaban J connectivity index is 1.62. The third-order valence-electron chi connectivity index (χ3n) is 4.83. The van der Waals surface area contributed by atoms with Crippen LogP contribution in [0.5, 0.6) is 0 Å². The molecule has 9 heteroatoms. The van der Waals surface area contributed by atoms with E-state index in [1.807, 2.05) is 24.3 Å². The second kappa shape index (κ2) is 8.47. The Morgan fingerprint density at radius 1 is 0.967 bits per heavy atom. The van der Waals surface area contributed by atoms with E-state index < -0.39 is 17.8 Å². The summed E-state index contributed by atoms with van der Waals surface area (Å²) in [6.07, 6.45) is 1.45. The van der Waals surface area contributed by atoms with Crippen molar-refractivity contribution < 1.29 is 19.1 Å². The molecule has 0 atom stereocenters. The third kappa shape index (κ3) is 4.05. The molecule has 0 bridgehead atoms. The molecular formula is C21H17Cl2N3O4. The normalized spacial score (nSPS) is 18.7. The van der Waals surface area contributed by atoms with Gasteiger partial charge < -0.3 is 9.64 Å². The highest BCUT2D eigenvalue weighted by Crippen LogP contribution is 2.31. The smallest absolute Gasteiger partial charge is 0.335 e. The first-order valence-electron chi connectivity index (χ1n) is 9.23. The number of morpholine rings is 1. The summed E-state index contributed by atoms with van der Waals surface area (Å²) in [5.74, 6) is -1.52. The molecule has 2 aromatic carbocycles. The average molecular weight is 446 g/mol. The van der Waals surface area contributed by atoms with Crippen LogP contribution in [0.1, 0.15) is 5.56 Å². The molecule has 30 heavy (non-hydrogen) atoms. The molecule has 1 N–H and O–H groups in total. The van der Waals surface area contributed by atoms with Crippen LogP contribution in [-0.2, 0) is 14.3 Å². The second-order valence-electron chi connectivity index (χ2n) is 6.74. The van der Waals surface area contributed by atoms with E-state index in [9.17, 15) is 14.4 Å². The molecule has 0 aromatic heterocycles. The molecular weight excluding hydrogens is 429 g/mol. The molecule has 4 rings (SSSR count). The van der Waals surface area contributed by atoms with Gasteiger partial charge in [0.25, 0.3) is 11.8 Å². The zero-order valence-corrected chi connectivity index (χ0v) is 17.2. The number of hydrogen-bond donors (Lipinski definition) is 1. The summed E-state index contributed by atoms with van der Waals surface area (Å²) in [5, 5.41) is 2.66. The number of nitrogens with one attached hydrogen (secondary N) is 1. The van der Waals surface area contributed by atoms with Gasteiger partial charge in [0.05, 0.1) is 23.9 Å². The Labute approximate surface area is 182 Å². The summed E-state index contributed by atoms with van der Waals surface area (Å²) in [6, 6.07) is 11.0. The van der Waals surface area contributed by atoms with Crippen LogP contribution in [0.3, 0.4) is 0 Å². The lowest BCUT2D eigenvalue weighted by molar-refractivity contribution is -0.122. The number of halogens is 2. The van der Waals surface area contributed by atoms with Crippen molar-refractivity contribution in [2.75, 3.05) is 36.1 Å². The van der Waals surface area contributed by atoms with Crippen LogP contribution in [-0.4, -0.2) is 44.1 Å². The molecule has 2 aliphatic heterocycles. The van der Waals surface area contributed by atoms with Crippen LogP contribution < -0.4 is 15.1 Å². The Morgan fingerprint density at radius 2 is 1.67 bits per heavy atom. The molecule has 2 fully saturated rings. The molecule has 2 aliphatic rings. The van der Waals surface area contributed by atoms with Gasteiger partial charge in [0.1, 0.15) is 5.57 Å². The van der Waals surface area contributed by atoms with Crippen LogP contribution in [0.15, 0.2) is 48.0 Å². The monoisotopic (exact) mass is 445 g/mol. The maximum absolute atomic E-state index is 13.0. The fraction of sp³-hybridized carbons (Fsp3) is 0.190. The van der Waals surface area contributed by atoms with Crippen LogP contribution in [0.25, 0.3) is 6.08 Å². The first kappa shape index (κ1) is 20.4. The van der Waals surface area contributed by atoms with Crippen molar-refractivity contribution in [2.45, 2.75) is 0 Å². The number of nitrogens with zero attached hydrogens (tertiary/aromatic N) is 2. The molecule has 4 amide bonds. The van der Waals surface area contributed by atoms with Gasteiger partial charge in [-0.3, -0.25) is 14.9 Å². The molecule has 0 saturated carbocycles. The Morgan fingerprint density at radius 3 is 2.33 bits per heavy atom. The average Bonchev–Trinajstić information content (AvgIpc) is 2.73. The number of amides is 4. The number of anilines is 2. The van der Waals surface area contributed by atoms with Gasteiger partial charge >= 0.3 is 6.03 Å². The zero-order valence-electron chi connectivity index (χ0n) is 15.7. The fourth-order valence-corrected chi connectivity index (χ4v) is 3.80. The predicted molar refractivity (Wildman–Crippen MR) is 115 cm³/mol. The number of barbiturate groups is 1. The number of hydrogen-bond acceptors (Lipinski definition) is 5. The van der Waals surface area contributed by atoms with E-state index in [0.717, 1.165) is 23.7 Å². The highest BCUT2D eigenvalue weighted by atomic mass is 35.5. The van der Waals surface area contributed by atoms with Crippen molar-refractivity contribution in [2.24, 2.45) is 0 Å². The maximum atomic E-state index is 13.0. The Bertz CT molecular complexity index is 1050. The van der Waals surface area contributed by atoms with Gasteiger partial charge in [-0.2, -0.15) is 0 Å². The molecule has 7 nitrogen and oxygen atoms in total. The molecule has 2 aromatic rings. The molecule has 2 heterocycles. The van der Waals surface area contributed by atoms with Crippen LogP contribution in [0, 0.1) is 0 Å². The van der Waals surface area contributed by atoms with Gasteiger partial charge in [0, 0.05) is 23.8 Å². The van der Waals surface area contributed by atoms with Crippen LogP contribution in [0.2, 0.25) is 10.0 Å². The van der Waals surface area contributed by atoms with Crippen molar-refractivity contribution >= 4 is 58.5 Å². The number of ether oxygens (including phenoxy) is 1. The lowest BCUT2D eigenvalue weighted by Gasteiger charge is -2.29. The zero-order chi connectivity index (χ0) is 21.3. The highest BCUT2D eigenvalue weighted by Gasteiger charge is 2.37. The van der Waals surface area contributed by atoms with Crippen molar-refractivity contribution in [1.29, 1.82) is 0 Å². The summed E-state index contributed by atoms with van der Waals surface area (Å²) in [6.45, 7) is 2.97. The Hall–Kier alpha value is -2.87. The minimum absolute atomic E-state index is 0.120. The minimum atomic E-state index is -0.867. The molecule has 0 radical (unpaired) electrons. The van der Waals surface area contributed by atoms with E-state index >= 15 is 0 Å². The summed E-state index contributed by atoms with van der Waals surface area (Å²) in [4.78, 5) is 40.6. The second-order valence-corrected chi connectivity index (χ2v) is 7.59. The maximum Gasteiger partial charge on any atom is 0.335 e. The number of benzene rings is 2. The van der Waals surface area contributed by atoms with E-state index in [1.165, 1.54) is 24.3 Å². The summed E-state index contributed by atoms with van der Waals surface area (Å²) in [7, 11) is 0. The SMILES string of the molecule is O=C1NC(=O)N(c2ccc(Cl)cc2Cl)C(=O)/C1=C/c1ccc(N2CCOCC2)cc1. The van der Waals surface area contributed by atoms with E-state index in [2.05, 4.69) is 10.2 Å². The highest BCUT2D eigenvalue weighted by molar-refractivity contribution is 6.42. The summed E-state index contributed by atoms with van der Waals surface area (Å²) < 4.78 is 5.36. The summed E-state index contributed by atoms with van der Waals surface area (Å²) in [5.41, 5.74) is 1.66. The van der Waals surface area contributed by atoms with Crippen LogP contribution >= 0.6 is 23.2 Å². The summed E-state index contributed by atoms with van der Waals surface area (Å²) >= 11 is 12.0. The number of rotatable bonds is 3. The molecule has 0 aliphatic carbocycles. The van der Waals surface area contributed by atoms with Gasteiger partial charge in [0.2, 0.25) is 0 Å². The van der Waals surface area contributed by atoms with E-state index in [0.29, 0.717) is 23.8 Å². The van der Waals surface area contributed by atoms with E-state index in [-0.39, 0.29) is 16.3 Å². The molecule has 0 spiro atoms.